The first-order chi connectivity index (χ1) is 11.0. The highest BCUT2D eigenvalue weighted by Crippen LogP contribution is 2.38. The minimum Gasteiger partial charge on any atom is -0.354 e. The van der Waals surface area contributed by atoms with E-state index < -0.39 is 5.41 Å². The van der Waals surface area contributed by atoms with Gasteiger partial charge in [0.25, 0.3) is 0 Å². The summed E-state index contributed by atoms with van der Waals surface area (Å²) in [7, 11) is 1.73. The predicted octanol–water partition coefficient (Wildman–Crippen LogP) is 2.56. The van der Waals surface area contributed by atoms with Crippen molar-refractivity contribution in [3.05, 3.63) is 29.3 Å². The summed E-state index contributed by atoms with van der Waals surface area (Å²) in [6, 6.07) is 5.94. The number of amides is 2. The lowest BCUT2D eigenvalue weighted by atomic mass is 9.84. The number of anilines is 1. The molecular formula is C18H28ClN3O2. The van der Waals surface area contributed by atoms with Crippen molar-refractivity contribution < 1.29 is 9.59 Å². The third-order valence-electron chi connectivity index (χ3n) is 4.77. The van der Waals surface area contributed by atoms with E-state index in [1.54, 1.807) is 7.05 Å². The SMILES string of the molecule is CNCC(=O)NCC1(C(=O)Nc2ccc(C)c(C)c2)CCCC1.Cl. The lowest BCUT2D eigenvalue weighted by molar-refractivity contribution is -0.126. The highest BCUT2D eigenvalue weighted by molar-refractivity contribution is 5.96. The van der Waals surface area contributed by atoms with Crippen molar-refractivity contribution in [3.63, 3.8) is 0 Å². The molecule has 24 heavy (non-hydrogen) atoms. The second-order valence-electron chi connectivity index (χ2n) is 6.55. The third-order valence-corrected chi connectivity index (χ3v) is 4.77. The molecule has 0 saturated heterocycles. The van der Waals surface area contributed by atoms with Gasteiger partial charge in [0.1, 0.15) is 0 Å². The first kappa shape index (κ1) is 20.5. The number of hydrogen-bond donors (Lipinski definition) is 3. The molecule has 0 unspecified atom stereocenters. The molecule has 1 aliphatic rings. The highest BCUT2D eigenvalue weighted by atomic mass is 35.5. The van der Waals surface area contributed by atoms with Gasteiger partial charge in [0.15, 0.2) is 0 Å². The van der Waals surface area contributed by atoms with Crippen LogP contribution in [0.4, 0.5) is 5.69 Å². The first-order valence-corrected chi connectivity index (χ1v) is 8.27. The lowest BCUT2D eigenvalue weighted by Gasteiger charge is -2.28. The van der Waals surface area contributed by atoms with Crippen LogP contribution >= 0.6 is 12.4 Å². The van der Waals surface area contributed by atoms with Crippen LogP contribution in [0.25, 0.3) is 0 Å². The van der Waals surface area contributed by atoms with Crippen molar-refractivity contribution in [1.29, 1.82) is 0 Å². The molecule has 6 heteroatoms. The van der Waals surface area contributed by atoms with Gasteiger partial charge >= 0.3 is 0 Å². The number of rotatable bonds is 6. The molecule has 1 aromatic carbocycles. The molecule has 1 aliphatic carbocycles. The molecule has 1 fully saturated rings. The average Bonchev–Trinajstić information content (AvgIpc) is 2.99. The van der Waals surface area contributed by atoms with E-state index in [1.807, 2.05) is 25.1 Å². The Bertz CT molecular complexity index is 584. The zero-order valence-corrected chi connectivity index (χ0v) is 15.5. The second-order valence-corrected chi connectivity index (χ2v) is 6.55. The third kappa shape index (κ3) is 4.95. The van der Waals surface area contributed by atoms with E-state index in [-0.39, 0.29) is 30.8 Å². The van der Waals surface area contributed by atoms with Gasteiger partial charge in [0.05, 0.1) is 12.0 Å². The number of likely N-dealkylation sites (N-methyl/N-ethyl adjacent to an activating group) is 1. The summed E-state index contributed by atoms with van der Waals surface area (Å²) in [6.45, 7) is 4.77. The number of halogens is 1. The van der Waals surface area contributed by atoms with Gasteiger partial charge in [-0.25, -0.2) is 0 Å². The van der Waals surface area contributed by atoms with Crippen LogP contribution in [-0.4, -0.2) is 32.0 Å². The summed E-state index contributed by atoms with van der Waals surface area (Å²) < 4.78 is 0. The molecule has 5 nitrogen and oxygen atoms in total. The maximum absolute atomic E-state index is 12.8. The van der Waals surface area contributed by atoms with Crippen LogP contribution in [0, 0.1) is 19.3 Å². The van der Waals surface area contributed by atoms with Crippen molar-refractivity contribution >= 4 is 29.9 Å². The Hall–Kier alpha value is -1.59. The largest absolute Gasteiger partial charge is 0.354 e. The fourth-order valence-corrected chi connectivity index (χ4v) is 3.11. The molecule has 3 N–H and O–H groups in total. The van der Waals surface area contributed by atoms with Crippen LogP contribution in [-0.2, 0) is 9.59 Å². The fourth-order valence-electron chi connectivity index (χ4n) is 3.11. The van der Waals surface area contributed by atoms with Crippen LogP contribution in [0.15, 0.2) is 18.2 Å². The van der Waals surface area contributed by atoms with Crippen molar-refractivity contribution in [2.45, 2.75) is 39.5 Å². The van der Waals surface area contributed by atoms with Crippen LogP contribution in [0.3, 0.4) is 0 Å². The Morgan fingerprint density at radius 1 is 1.12 bits per heavy atom. The number of benzene rings is 1. The van der Waals surface area contributed by atoms with Crippen molar-refractivity contribution in [3.8, 4) is 0 Å². The number of carbonyl (C=O) groups is 2. The highest BCUT2D eigenvalue weighted by Gasteiger charge is 2.41. The second kappa shape index (κ2) is 9.04. The molecule has 0 bridgehead atoms. The Morgan fingerprint density at radius 3 is 2.38 bits per heavy atom. The molecule has 0 radical (unpaired) electrons. The Balaban J connectivity index is 0.00000288. The molecule has 0 aromatic heterocycles. The zero-order chi connectivity index (χ0) is 16.9. The quantitative estimate of drug-likeness (QED) is 0.736. The van der Waals surface area contributed by atoms with Crippen LogP contribution in [0.5, 0.6) is 0 Å². The Morgan fingerprint density at radius 2 is 1.79 bits per heavy atom. The standard InChI is InChI=1S/C18H27N3O2.ClH/c1-13-6-7-15(10-14(13)2)21-17(23)18(8-4-5-9-18)12-20-16(22)11-19-3;/h6-7,10,19H,4-5,8-9,11-12H2,1-3H3,(H,20,22)(H,21,23);1H. The fraction of sp³-hybridized carbons (Fsp3) is 0.556. The number of carbonyl (C=O) groups excluding carboxylic acids is 2. The summed E-state index contributed by atoms with van der Waals surface area (Å²) in [6.07, 6.45) is 3.71. The van der Waals surface area contributed by atoms with Gasteiger partial charge in [-0.2, -0.15) is 0 Å². The summed E-state index contributed by atoms with van der Waals surface area (Å²) in [4.78, 5) is 24.5. The predicted molar refractivity (Wildman–Crippen MR) is 99.6 cm³/mol. The van der Waals surface area contributed by atoms with Crippen LogP contribution in [0.2, 0.25) is 0 Å². The number of nitrogens with one attached hydrogen (secondary N) is 3. The van der Waals surface area contributed by atoms with Crippen molar-refractivity contribution in [2.24, 2.45) is 5.41 Å². The van der Waals surface area contributed by atoms with Gasteiger partial charge in [-0.1, -0.05) is 18.9 Å². The molecule has 0 atom stereocenters. The topological polar surface area (TPSA) is 70.2 Å². The molecule has 0 heterocycles. The summed E-state index contributed by atoms with van der Waals surface area (Å²) in [5.74, 6) is -0.0548. The van der Waals surface area contributed by atoms with E-state index in [9.17, 15) is 9.59 Å². The molecular weight excluding hydrogens is 326 g/mol. The van der Waals surface area contributed by atoms with E-state index in [4.69, 9.17) is 0 Å². The van der Waals surface area contributed by atoms with Crippen LogP contribution < -0.4 is 16.0 Å². The lowest BCUT2D eigenvalue weighted by Crippen LogP contribution is -2.45. The Labute approximate surface area is 150 Å². The van der Waals surface area contributed by atoms with E-state index in [1.165, 1.54) is 5.56 Å². The molecule has 134 valence electrons. The van der Waals surface area contributed by atoms with Gasteiger partial charge in [-0.3, -0.25) is 9.59 Å². The molecule has 1 aromatic rings. The van der Waals surface area contributed by atoms with E-state index in [0.717, 1.165) is 36.9 Å². The van der Waals surface area contributed by atoms with E-state index in [0.29, 0.717) is 6.54 Å². The van der Waals surface area contributed by atoms with Gasteiger partial charge < -0.3 is 16.0 Å². The smallest absolute Gasteiger partial charge is 0.233 e. The van der Waals surface area contributed by atoms with Gasteiger partial charge in [-0.05, 0) is 57.0 Å². The monoisotopic (exact) mass is 353 g/mol. The minimum absolute atomic E-state index is 0. The maximum atomic E-state index is 12.8. The minimum atomic E-state index is -0.484. The summed E-state index contributed by atoms with van der Waals surface area (Å²) >= 11 is 0. The first-order valence-electron chi connectivity index (χ1n) is 8.27. The summed E-state index contributed by atoms with van der Waals surface area (Å²) in [5.41, 5.74) is 2.71. The molecule has 2 amide bonds. The zero-order valence-electron chi connectivity index (χ0n) is 14.7. The van der Waals surface area contributed by atoms with Crippen LogP contribution in [0.1, 0.15) is 36.8 Å². The maximum Gasteiger partial charge on any atom is 0.233 e. The van der Waals surface area contributed by atoms with E-state index in [2.05, 4.69) is 22.9 Å². The van der Waals surface area contributed by atoms with E-state index >= 15 is 0 Å². The molecule has 0 spiro atoms. The number of aryl methyl sites for hydroxylation is 2. The molecule has 2 rings (SSSR count). The number of hydrogen-bond acceptors (Lipinski definition) is 3. The average molecular weight is 354 g/mol. The molecule has 1 saturated carbocycles. The van der Waals surface area contributed by atoms with Crippen molar-refractivity contribution in [1.82, 2.24) is 10.6 Å². The summed E-state index contributed by atoms with van der Waals surface area (Å²) in [5, 5.41) is 8.76. The van der Waals surface area contributed by atoms with Gasteiger partial charge in [-0.15, -0.1) is 12.4 Å². The van der Waals surface area contributed by atoms with Crippen molar-refractivity contribution in [2.75, 3.05) is 25.5 Å². The van der Waals surface area contributed by atoms with Gasteiger partial charge in [0.2, 0.25) is 11.8 Å². The van der Waals surface area contributed by atoms with Gasteiger partial charge in [0, 0.05) is 12.2 Å². The molecule has 0 aliphatic heterocycles. The Kier molecular flexibility index (Phi) is 7.70. The normalized spacial score (nSPS) is 15.5.